The lowest BCUT2D eigenvalue weighted by atomic mass is 10.1. The smallest absolute Gasteiger partial charge is 0.163 e. The molecule has 0 saturated carbocycles. The van der Waals surface area contributed by atoms with Gasteiger partial charge in [0.25, 0.3) is 0 Å². The van der Waals surface area contributed by atoms with Gasteiger partial charge >= 0.3 is 0 Å². The molecule has 0 saturated heterocycles. The third-order valence-electron chi connectivity index (χ3n) is 2.58. The van der Waals surface area contributed by atoms with E-state index < -0.39 is 0 Å². The molecular weight excluding hydrogens is 327 g/mol. The van der Waals surface area contributed by atoms with Crippen molar-refractivity contribution in [1.29, 1.82) is 0 Å². The van der Waals surface area contributed by atoms with Crippen molar-refractivity contribution in [3.8, 4) is 0 Å². The van der Waals surface area contributed by atoms with Crippen molar-refractivity contribution in [3.63, 3.8) is 0 Å². The maximum absolute atomic E-state index is 12.7. The second-order valence-electron chi connectivity index (χ2n) is 3.98. The highest BCUT2D eigenvalue weighted by Gasteiger charge is 2.06. The third kappa shape index (κ3) is 4.48. The van der Waals surface area contributed by atoms with Crippen LogP contribution in [0.1, 0.15) is 16.8 Å². The number of rotatable bonds is 5. The summed E-state index contributed by atoms with van der Waals surface area (Å²) in [6.07, 6.45) is 0.451. The van der Waals surface area contributed by atoms with Crippen LogP contribution in [0.25, 0.3) is 0 Å². The summed E-state index contributed by atoms with van der Waals surface area (Å²) in [5.74, 6) is 0.447. The predicted molar refractivity (Wildman–Crippen MR) is 80.2 cm³/mol. The quantitative estimate of drug-likeness (QED) is 0.566. The molecule has 2 aromatic rings. The Bertz CT molecular complexity index is 551. The van der Waals surface area contributed by atoms with Crippen LogP contribution in [0.2, 0.25) is 0 Å². The van der Waals surface area contributed by atoms with E-state index in [0.29, 0.717) is 12.0 Å². The molecule has 0 aliphatic rings. The summed E-state index contributed by atoms with van der Waals surface area (Å²) in [6.45, 7) is 0. The molecule has 98 valence electrons. The normalized spacial score (nSPS) is 10.4. The molecule has 1 nitrogen and oxygen atoms in total. The van der Waals surface area contributed by atoms with Gasteiger partial charge in [-0.3, -0.25) is 4.79 Å². The average Bonchev–Trinajstić information content (AvgIpc) is 2.41. The molecule has 0 N–H and O–H groups in total. The van der Waals surface area contributed by atoms with Crippen molar-refractivity contribution >= 4 is 33.5 Å². The number of benzene rings is 2. The first-order valence-corrected chi connectivity index (χ1v) is 7.60. The first kappa shape index (κ1) is 14.3. The largest absolute Gasteiger partial charge is 0.294 e. The number of halogens is 2. The second kappa shape index (κ2) is 6.87. The van der Waals surface area contributed by atoms with Gasteiger partial charge in [0.05, 0.1) is 0 Å². The molecule has 0 heterocycles. The van der Waals surface area contributed by atoms with Crippen molar-refractivity contribution < 1.29 is 9.18 Å². The molecule has 0 amide bonds. The molecule has 0 bridgehead atoms. The standard InChI is InChI=1S/C15H12BrFOS/c16-12-3-7-14(8-4-12)19-10-9-15(18)11-1-5-13(17)6-2-11/h1-8H,9-10H2. The zero-order valence-corrected chi connectivity index (χ0v) is 12.5. The molecule has 2 rings (SSSR count). The number of ketones is 1. The molecular formula is C15H12BrFOS. The molecule has 0 fully saturated rings. The van der Waals surface area contributed by atoms with Gasteiger partial charge in [0, 0.05) is 27.1 Å². The number of carbonyl (C=O) groups excluding carboxylic acids is 1. The number of hydrogen-bond donors (Lipinski definition) is 0. The van der Waals surface area contributed by atoms with Crippen LogP contribution in [0.4, 0.5) is 4.39 Å². The van der Waals surface area contributed by atoms with Crippen LogP contribution in [0.5, 0.6) is 0 Å². The van der Waals surface area contributed by atoms with E-state index >= 15 is 0 Å². The van der Waals surface area contributed by atoms with E-state index in [1.54, 1.807) is 11.8 Å². The van der Waals surface area contributed by atoms with Crippen molar-refractivity contribution in [1.82, 2.24) is 0 Å². The van der Waals surface area contributed by atoms with Gasteiger partial charge in [0.2, 0.25) is 0 Å². The average molecular weight is 339 g/mol. The molecule has 4 heteroatoms. The zero-order chi connectivity index (χ0) is 13.7. The minimum absolute atomic E-state index is 0.0459. The summed E-state index contributed by atoms with van der Waals surface area (Å²) < 4.78 is 13.8. The summed E-state index contributed by atoms with van der Waals surface area (Å²) >= 11 is 5.02. The summed E-state index contributed by atoms with van der Waals surface area (Å²) in [5.41, 5.74) is 0.567. The maximum Gasteiger partial charge on any atom is 0.163 e. The van der Waals surface area contributed by atoms with Gasteiger partial charge in [-0.15, -0.1) is 11.8 Å². The minimum Gasteiger partial charge on any atom is -0.294 e. The van der Waals surface area contributed by atoms with Crippen LogP contribution in [0.15, 0.2) is 57.9 Å². The Kier molecular flexibility index (Phi) is 5.16. The molecule has 0 spiro atoms. The van der Waals surface area contributed by atoms with E-state index in [1.165, 1.54) is 24.3 Å². The Labute approximate surface area is 124 Å². The summed E-state index contributed by atoms with van der Waals surface area (Å²) in [7, 11) is 0. The molecule has 0 atom stereocenters. The molecule has 2 aromatic carbocycles. The molecule has 19 heavy (non-hydrogen) atoms. The maximum atomic E-state index is 12.7. The predicted octanol–water partition coefficient (Wildman–Crippen LogP) is 4.95. The van der Waals surface area contributed by atoms with E-state index in [-0.39, 0.29) is 11.6 Å². The summed E-state index contributed by atoms with van der Waals surface area (Å²) in [4.78, 5) is 13.0. The van der Waals surface area contributed by atoms with E-state index in [1.807, 2.05) is 24.3 Å². The lowest BCUT2D eigenvalue weighted by molar-refractivity contribution is 0.0989. The van der Waals surface area contributed by atoms with Crippen LogP contribution in [0, 0.1) is 5.82 Å². The fourth-order valence-electron chi connectivity index (χ4n) is 1.57. The van der Waals surface area contributed by atoms with E-state index in [9.17, 15) is 9.18 Å². The van der Waals surface area contributed by atoms with Gasteiger partial charge in [-0.1, -0.05) is 15.9 Å². The minimum atomic E-state index is -0.319. The van der Waals surface area contributed by atoms with Crippen LogP contribution in [-0.4, -0.2) is 11.5 Å². The molecule has 0 radical (unpaired) electrons. The topological polar surface area (TPSA) is 17.1 Å². The highest BCUT2D eigenvalue weighted by molar-refractivity contribution is 9.10. The Morgan fingerprint density at radius 3 is 2.32 bits per heavy atom. The van der Waals surface area contributed by atoms with Gasteiger partial charge in [-0.25, -0.2) is 4.39 Å². The van der Waals surface area contributed by atoms with Gasteiger partial charge in [-0.2, -0.15) is 0 Å². The molecule has 0 aromatic heterocycles. The number of Topliss-reactive ketones (excluding diaryl/α,β-unsaturated/α-hetero) is 1. The number of hydrogen-bond acceptors (Lipinski definition) is 2. The Morgan fingerprint density at radius 1 is 1.05 bits per heavy atom. The highest BCUT2D eigenvalue weighted by Crippen LogP contribution is 2.21. The SMILES string of the molecule is O=C(CCSc1ccc(Br)cc1)c1ccc(F)cc1. The first-order valence-electron chi connectivity index (χ1n) is 5.82. The van der Waals surface area contributed by atoms with Crippen molar-refractivity contribution in [2.75, 3.05) is 5.75 Å². The van der Waals surface area contributed by atoms with Crippen molar-refractivity contribution in [2.24, 2.45) is 0 Å². The fraction of sp³-hybridized carbons (Fsp3) is 0.133. The fourth-order valence-corrected chi connectivity index (χ4v) is 2.69. The number of thioether (sulfide) groups is 1. The van der Waals surface area contributed by atoms with Gasteiger partial charge < -0.3 is 0 Å². The van der Waals surface area contributed by atoms with E-state index in [0.717, 1.165) is 15.1 Å². The molecule has 0 unspecified atom stereocenters. The third-order valence-corrected chi connectivity index (χ3v) is 4.12. The van der Waals surface area contributed by atoms with Gasteiger partial charge in [0.1, 0.15) is 5.82 Å². The van der Waals surface area contributed by atoms with Crippen molar-refractivity contribution in [3.05, 3.63) is 64.4 Å². The second-order valence-corrected chi connectivity index (χ2v) is 6.07. The van der Waals surface area contributed by atoms with Crippen LogP contribution in [0.3, 0.4) is 0 Å². The van der Waals surface area contributed by atoms with E-state index in [4.69, 9.17) is 0 Å². The monoisotopic (exact) mass is 338 g/mol. The first-order chi connectivity index (χ1) is 9.15. The van der Waals surface area contributed by atoms with Gasteiger partial charge in [-0.05, 0) is 48.5 Å². The highest BCUT2D eigenvalue weighted by atomic mass is 79.9. The lowest BCUT2D eigenvalue weighted by Gasteiger charge is -2.02. The zero-order valence-electron chi connectivity index (χ0n) is 10.1. The summed E-state index contributed by atoms with van der Waals surface area (Å²) in [5, 5.41) is 0. The Morgan fingerprint density at radius 2 is 1.68 bits per heavy atom. The molecule has 0 aliphatic carbocycles. The van der Waals surface area contributed by atoms with Gasteiger partial charge in [0.15, 0.2) is 5.78 Å². The van der Waals surface area contributed by atoms with Crippen LogP contribution >= 0.6 is 27.7 Å². The summed E-state index contributed by atoms with van der Waals surface area (Å²) in [6, 6.07) is 13.7. The Balaban J connectivity index is 1.84. The number of carbonyl (C=O) groups is 1. The lowest BCUT2D eigenvalue weighted by Crippen LogP contribution is -2.00. The van der Waals surface area contributed by atoms with Crippen molar-refractivity contribution in [2.45, 2.75) is 11.3 Å². The van der Waals surface area contributed by atoms with Crippen LogP contribution in [-0.2, 0) is 0 Å². The van der Waals surface area contributed by atoms with E-state index in [2.05, 4.69) is 15.9 Å². The Hall–Kier alpha value is -1.13. The molecule has 0 aliphatic heterocycles. The van der Waals surface area contributed by atoms with Crippen LogP contribution < -0.4 is 0 Å².